The number of Topliss-reactive ketones (excluding diaryl/α,β-unsaturated/α-hetero) is 1. The molecule has 1 aliphatic heterocycles. The number of phenols is 3. The largest absolute Gasteiger partial charge is 0.508 e. The van der Waals surface area contributed by atoms with Crippen LogP contribution in [0, 0.1) is 0 Å². The summed E-state index contributed by atoms with van der Waals surface area (Å²) in [6.07, 6.45) is -0.242. The first kappa shape index (κ1) is 18.9. The molecule has 0 aromatic heterocycles. The van der Waals surface area contributed by atoms with Gasteiger partial charge in [0.15, 0.2) is 5.78 Å². The van der Waals surface area contributed by atoms with Crippen LogP contribution < -0.4 is 4.74 Å². The van der Waals surface area contributed by atoms with Gasteiger partial charge in [-0.15, -0.1) is 0 Å². The smallest absolute Gasteiger partial charge is 0.206 e. The van der Waals surface area contributed by atoms with Crippen molar-refractivity contribution in [1.82, 2.24) is 0 Å². The fraction of sp³-hybridized carbons (Fsp3) is 0.286. The summed E-state index contributed by atoms with van der Waals surface area (Å²) >= 11 is 0. The first-order chi connectivity index (χ1) is 13.7. The summed E-state index contributed by atoms with van der Waals surface area (Å²) in [6.45, 7) is 1.45. The van der Waals surface area contributed by atoms with Crippen LogP contribution in [0.3, 0.4) is 0 Å². The molecule has 150 valence electrons. The van der Waals surface area contributed by atoms with Gasteiger partial charge in [-0.05, 0) is 25.5 Å². The summed E-state index contributed by atoms with van der Waals surface area (Å²) in [6, 6.07) is 3.41. The molecule has 1 aliphatic carbocycles. The van der Waals surface area contributed by atoms with Crippen molar-refractivity contribution in [3.63, 3.8) is 0 Å². The Bertz CT molecular complexity index is 1080. The monoisotopic (exact) mass is 398 g/mol. The first-order valence-corrected chi connectivity index (χ1v) is 8.98. The molecule has 3 N–H and O–H groups in total. The molecule has 0 spiro atoms. The maximum Gasteiger partial charge on any atom is 0.206 e. The van der Waals surface area contributed by atoms with Crippen molar-refractivity contribution in [2.24, 2.45) is 0 Å². The van der Waals surface area contributed by atoms with Crippen LogP contribution in [0.1, 0.15) is 63.1 Å². The van der Waals surface area contributed by atoms with Crippen LogP contribution in [-0.4, -0.2) is 46.1 Å². The summed E-state index contributed by atoms with van der Waals surface area (Å²) in [4.78, 5) is 37.4. The van der Waals surface area contributed by atoms with E-state index in [1.54, 1.807) is 0 Å². The number of fused-ring (bicyclic) bond motifs is 3. The second-order valence-electron chi connectivity index (χ2n) is 7.17. The third-order valence-electron chi connectivity index (χ3n) is 5.33. The average molecular weight is 398 g/mol. The van der Waals surface area contributed by atoms with E-state index < -0.39 is 35.3 Å². The Hall–Kier alpha value is -3.39. The fourth-order valence-electron chi connectivity index (χ4n) is 4.02. The van der Waals surface area contributed by atoms with Gasteiger partial charge in [0.2, 0.25) is 12.1 Å². The Morgan fingerprint density at radius 1 is 1.07 bits per heavy atom. The molecule has 2 atom stereocenters. The minimum Gasteiger partial charge on any atom is -0.508 e. The normalized spacial score (nSPS) is 19.4. The van der Waals surface area contributed by atoms with Gasteiger partial charge in [0, 0.05) is 36.3 Å². The molecule has 0 radical (unpaired) electrons. The van der Waals surface area contributed by atoms with Gasteiger partial charge in [0.25, 0.3) is 0 Å². The number of carbonyl (C=O) groups is 3. The highest BCUT2D eigenvalue weighted by Crippen LogP contribution is 2.51. The van der Waals surface area contributed by atoms with Gasteiger partial charge in [0.05, 0.1) is 17.0 Å². The molecule has 0 bridgehead atoms. The van der Waals surface area contributed by atoms with Gasteiger partial charge in [-0.25, -0.2) is 0 Å². The summed E-state index contributed by atoms with van der Waals surface area (Å²) in [5, 5.41) is 30.7. The molecule has 8 heteroatoms. The third-order valence-corrected chi connectivity index (χ3v) is 5.33. The molecule has 29 heavy (non-hydrogen) atoms. The Morgan fingerprint density at radius 2 is 1.76 bits per heavy atom. The highest BCUT2D eigenvalue weighted by molar-refractivity contribution is 6.30. The molecule has 1 heterocycles. The van der Waals surface area contributed by atoms with Crippen LogP contribution >= 0.6 is 0 Å². The molecule has 0 amide bonds. The summed E-state index contributed by atoms with van der Waals surface area (Å²) < 4.78 is 11.0. The number of hydrogen-bond donors (Lipinski definition) is 3. The first-order valence-electron chi connectivity index (χ1n) is 8.98. The summed E-state index contributed by atoms with van der Waals surface area (Å²) in [7, 11) is 1.42. The number of hydrogen-bond acceptors (Lipinski definition) is 8. The van der Waals surface area contributed by atoms with Gasteiger partial charge >= 0.3 is 0 Å². The van der Waals surface area contributed by atoms with E-state index in [1.165, 1.54) is 20.1 Å². The molecular formula is C21H18O8. The van der Waals surface area contributed by atoms with Gasteiger partial charge in [-0.2, -0.15) is 0 Å². The van der Waals surface area contributed by atoms with E-state index in [-0.39, 0.29) is 46.0 Å². The maximum atomic E-state index is 13.1. The predicted molar refractivity (Wildman–Crippen MR) is 98.8 cm³/mol. The minimum atomic E-state index is -0.788. The highest BCUT2D eigenvalue weighted by atomic mass is 16.7. The van der Waals surface area contributed by atoms with E-state index in [0.29, 0.717) is 12.0 Å². The number of carbonyl (C=O) groups excluding carboxylic acids is 3. The number of ether oxygens (including phenoxy) is 2. The molecule has 0 unspecified atom stereocenters. The van der Waals surface area contributed by atoms with E-state index in [0.717, 1.165) is 12.1 Å². The molecular weight excluding hydrogens is 380 g/mol. The van der Waals surface area contributed by atoms with Crippen molar-refractivity contribution < 1.29 is 39.2 Å². The number of methoxy groups -OCH3 is 1. The van der Waals surface area contributed by atoms with Crippen molar-refractivity contribution in [2.75, 3.05) is 7.11 Å². The van der Waals surface area contributed by atoms with Crippen LogP contribution in [-0.2, 0) is 9.53 Å². The zero-order valence-corrected chi connectivity index (χ0v) is 15.7. The zero-order valence-electron chi connectivity index (χ0n) is 15.7. The topological polar surface area (TPSA) is 130 Å². The standard InChI is InChI=1S/C21H18O8/c1-8(22)3-4-10-16-14(29-21(10)28-2)7-12-17(20(16)27)19(26)15-11(18(12)25)5-9(23)6-13(15)24/h5-7,10,21,23-24,27H,3-4H2,1-2H3/t10-,21-/m0/s1. The van der Waals surface area contributed by atoms with E-state index >= 15 is 0 Å². The second kappa shape index (κ2) is 6.59. The van der Waals surface area contributed by atoms with Crippen molar-refractivity contribution in [3.8, 4) is 23.0 Å². The highest BCUT2D eigenvalue weighted by Gasteiger charge is 2.43. The summed E-state index contributed by atoms with van der Waals surface area (Å²) in [5.74, 6) is -3.09. The van der Waals surface area contributed by atoms with Crippen molar-refractivity contribution in [3.05, 3.63) is 46.0 Å². The number of aromatic hydroxyl groups is 3. The molecule has 8 nitrogen and oxygen atoms in total. The van der Waals surface area contributed by atoms with Crippen molar-refractivity contribution in [2.45, 2.75) is 32.0 Å². The van der Waals surface area contributed by atoms with Crippen LogP contribution in [0.2, 0.25) is 0 Å². The van der Waals surface area contributed by atoms with Gasteiger partial charge in [-0.3, -0.25) is 9.59 Å². The lowest BCUT2D eigenvalue weighted by Gasteiger charge is -2.21. The van der Waals surface area contributed by atoms with Gasteiger partial charge in [0.1, 0.15) is 28.8 Å². The van der Waals surface area contributed by atoms with Crippen molar-refractivity contribution in [1.29, 1.82) is 0 Å². The Kier molecular flexibility index (Phi) is 4.31. The van der Waals surface area contributed by atoms with E-state index in [4.69, 9.17) is 9.47 Å². The molecule has 2 aromatic rings. The van der Waals surface area contributed by atoms with Crippen LogP contribution in [0.5, 0.6) is 23.0 Å². The van der Waals surface area contributed by atoms with Crippen LogP contribution in [0.25, 0.3) is 0 Å². The summed E-state index contributed by atoms with van der Waals surface area (Å²) in [5.41, 5.74) is -0.479. The number of ketones is 3. The molecule has 2 aliphatic rings. The number of benzene rings is 2. The Balaban J connectivity index is 1.90. The Labute approximate surface area is 165 Å². The third kappa shape index (κ3) is 2.75. The average Bonchev–Trinajstić information content (AvgIpc) is 3.01. The maximum absolute atomic E-state index is 13.1. The van der Waals surface area contributed by atoms with Crippen molar-refractivity contribution >= 4 is 17.3 Å². The number of phenolic OH excluding ortho intramolecular Hbond substituents is 3. The molecule has 0 saturated carbocycles. The lowest BCUT2D eigenvalue weighted by atomic mass is 9.80. The fourth-order valence-corrected chi connectivity index (χ4v) is 4.02. The van der Waals surface area contributed by atoms with Gasteiger partial charge < -0.3 is 29.6 Å². The zero-order chi connectivity index (χ0) is 21.0. The predicted octanol–water partition coefficient (Wildman–Crippen LogP) is 2.40. The number of rotatable bonds is 4. The second-order valence-corrected chi connectivity index (χ2v) is 7.17. The van der Waals surface area contributed by atoms with E-state index in [9.17, 15) is 29.7 Å². The quantitative estimate of drug-likeness (QED) is 0.611. The Morgan fingerprint density at radius 3 is 2.41 bits per heavy atom. The minimum absolute atomic E-state index is 0.0457. The molecule has 0 fully saturated rings. The lowest BCUT2D eigenvalue weighted by Crippen LogP contribution is -2.22. The van der Waals surface area contributed by atoms with E-state index in [1.807, 2.05) is 0 Å². The molecule has 0 saturated heterocycles. The van der Waals surface area contributed by atoms with Crippen LogP contribution in [0.4, 0.5) is 0 Å². The molecule has 2 aromatic carbocycles. The van der Waals surface area contributed by atoms with E-state index in [2.05, 4.69) is 0 Å². The van der Waals surface area contributed by atoms with Gasteiger partial charge in [-0.1, -0.05) is 0 Å². The lowest BCUT2D eigenvalue weighted by molar-refractivity contribution is -0.117. The van der Waals surface area contributed by atoms with Crippen LogP contribution in [0.15, 0.2) is 18.2 Å². The SMILES string of the molecule is CO[C@H]1Oc2cc3c(c(O)c2[C@@H]1CCC(C)=O)C(=O)c1c(O)cc(O)cc1C3=O. The molecule has 4 rings (SSSR count).